The number of furan rings is 1. The Morgan fingerprint density at radius 2 is 1.68 bits per heavy atom. The van der Waals surface area contributed by atoms with Crippen LogP contribution in [-0.4, -0.2) is 24.4 Å². The van der Waals surface area contributed by atoms with E-state index in [0.717, 1.165) is 37.0 Å². The molecule has 1 fully saturated rings. The van der Waals surface area contributed by atoms with Crippen molar-refractivity contribution in [3.8, 4) is 0 Å². The topological polar surface area (TPSA) is 83.4 Å². The van der Waals surface area contributed by atoms with Crippen molar-refractivity contribution in [3.63, 3.8) is 0 Å². The molecular formula is C25H27N3O3. The third-order valence-corrected chi connectivity index (χ3v) is 5.56. The van der Waals surface area contributed by atoms with E-state index in [4.69, 9.17) is 4.42 Å². The Morgan fingerprint density at radius 3 is 2.42 bits per heavy atom. The first-order valence-electron chi connectivity index (χ1n) is 10.7. The molecule has 0 saturated heterocycles. The molecule has 1 atom stereocenters. The molecule has 0 spiro atoms. The molecule has 6 heteroatoms. The third-order valence-electron chi connectivity index (χ3n) is 5.56. The third kappa shape index (κ3) is 5.41. The van der Waals surface area contributed by atoms with Crippen LogP contribution in [-0.2, 0) is 4.79 Å². The van der Waals surface area contributed by atoms with E-state index in [2.05, 4.69) is 16.0 Å². The van der Waals surface area contributed by atoms with E-state index < -0.39 is 0 Å². The minimum Gasteiger partial charge on any atom is -0.467 e. The van der Waals surface area contributed by atoms with Crippen LogP contribution in [0.25, 0.3) is 0 Å². The lowest BCUT2D eigenvalue weighted by atomic mass is 10.0. The first kappa shape index (κ1) is 20.9. The number of nitrogens with one attached hydrogen (secondary N) is 3. The Hall–Kier alpha value is -3.38. The molecular weight excluding hydrogens is 390 g/mol. The summed E-state index contributed by atoms with van der Waals surface area (Å²) in [6, 6.07) is 20.6. The zero-order valence-electron chi connectivity index (χ0n) is 17.3. The average Bonchev–Trinajstić information content (AvgIpc) is 3.50. The fourth-order valence-corrected chi connectivity index (χ4v) is 4.00. The summed E-state index contributed by atoms with van der Waals surface area (Å²) >= 11 is 0. The molecule has 1 aliphatic rings. The SMILES string of the molecule is O=C(CN[C@H](c1ccccc1)c1ccco1)Nc1ccccc1C(=O)NC1CCCC1. The Kier molecular flexibility index (Phi) is 6.79. The van der Waals surface area contributed by atoms with E-state index in [1.165, 1.54) is 0 Å². The molecule has 31 heavy (non-hydrogen) atoms. The van der Waals surface area contributed by atoms with Gasteiger partial charge in [-0.25, -0.2) is 0 Å². The van der Waals surface area contributed by atoms with Gasteiger partial charge in [0.1, 0.15) is 5.76 Å². The second-order valence-electron chi connectivity index (χ2n) is 7.79. The number of hydrogen-bond acceptors (Lipinski definition) is 4. The lowest BCUT2D eigenvalue weighted by Crippen LogP contribution is -2.34. The molecule has 3 aromatic rings. The van der Waals surface area contributed by atoms with E-state index in [0.29, 0.717) is 11.3 Å². The Bertz CT molecular complexity index is 996. The van der Waals surface area contributed by atoms with Gasteiger partial charge in [-0.05, 0) is 42.7 Å². The van der Waals surface area contributed by atoms with Crippen LogP contribution in [0.1, 0.15) is 53.4 Å². The fourth-order valence-electron chi connectivity index (χ4n) is 4.00. The van der Waals surface area contributed by atoms with Crippen molar-refractivity contribution in [1.82, 2.24) is 10.6 Å². The first-order valence-corrected chi connectivity index (χ1v) is 10.7. The smallest absolute Gasteiger partial charge is 0.253 e. The Balaban J connectivity index is 1.41. The predicted octanol–water partition coefficient (Wildman–Crippen LogP) is 4.27. The zero-order chi connectivity index (χ0) is 21.5. The van der Waals surface area contributed by atoms with Gasteiger partial charge in [0.05, 0.1) is 30.1 Å². The van der Waals surface area contributed by atoms with Crippen LogP contribution in [0.4, 0.5) is 5.69 Å². The molecule has 2 aromatic carbocycles. The quantitative estimate of drug-likeness (QED) is 0.511. The van der Waals surface area contributed by atoms with E-state index in [1.54, 1.807) is 24.5 Å². The summed E-state index contributed by atoms with van der Waals surface area (Å²) < 4.78 is 5.57. The molecule has 0 bridgehead atoms. The van der Waals surface area contributed by atoms with Gasteiger partial charge >= 0.3 is 0 Å². The monoisotopic (exact) mass is 417 g/mol. The summed E-state index contributed by atoms with van der Waals surface area (Å²) in [5.41, 5.74) is 1.99. The Morgan fingerprint density at radius 1 is 0.935 bits per heavy atom. The van der Waals surface area contributed by atoms with Crippen LogP contribution in [0.3, 0.4) is 0 Å². The number of carbonyl (C=O) groups excluding carboxylic acids is 2. The molecule has 4 rings (SSSR count). The van der Waals surface area contributed by atoms with Crippen LogP contribution in [0.5, 0.6) is 0 Å². The lowest BCUT2D eigenvalue weighted by Gasteiger charge is -2.18. The van der Waals surface area contributed by atoms with Gasteiger partial charge in [0.25, 0.3) is 5.91 Å². The molecule has 0 radical (unpaired) electrons. The number of carbonyl (C=O) groups is 2. The minimum atomic E-state index is -0.247. The summed E-state index contributed by atoms with van der Waals surface area (Å²) in [7, 11) is 0. The summed E-state index contributed by atoms with van der Waals surface area (Å²) in [4.78, 5) is 25.4. The molecule has 160 valence electrons. The number of para-hydroxylation sites is 1. The van der Waals surface area contributed by atoms with Crippen molar-refractivity contribution in [2.24, 2.45) is 0 Å². The maximum absolute atomic E-state index is 12.7. The van der Waals surface area contributed by atoms with Crippen LogP contribution in [0, 0.1) is 0 Å². The summed E-state index contributed by atoms with van der Waals surface area (Å²) in [6.07, 6.45) is 5.93. The van der Waals surface area contributed by atoms with Gasteiger partial charge in [0, 0.05) is 6.04 Å². The van der Waals surface area contributed by atoms with Gasteiger partial charge in [-0.3, -0.25) is 14.9 Å². The second kappa shape index (κ2) is 10.1. The predicted molar refractivity (Wildman–Crippen MR) is 120 cm³/mol. The minimum absolute atomic E-state index is 0.0683. The molecule has 1 aromatic heterocycles. The van der Waals surface area contributed by atoms with Gasteiger partial charge < -0.3 is 15.1 Å². The van der Waals surface area contributed by atoms with Crippen molar-refractivity contribution in [3.05, 3.63) is 89.9 Å². The summed E-state index contributed by atoms with van der Waals surface area (Å²) in [5, 5.41) is 9.22. The van der Waals surface area contributed by atoms with E-state index >= 15 is 0 Å². The van der Waals surface area contributed by atoms with Crippen molar-refractivity contribution >= 4 is 17.5 Å². The summed E-state index contributed by atoms with van der Waals surface area (Å²) in [6.45, 7) is 0.0683. The highest BCUT2D eigenvalue weighted by Crippen LogP contribution is 2.23. The highest BCUT2D eigenvalue weighted by Gasteiger charge is 2.21. The van der Waals surface area contributed by atoms with Gasteiger partial charge in [-0.15, -0.1) is 0 Å². The normalized spacial score (nSPS) is 14.8. The standard InChI is InChI=1S/C25H27N3O3/c29-23(17-26-24(22-15-8-16-31-22)18-9-2-1-3-10-18)28-21-14-7-6-13-20(21)25(30)27-19-11-4-5-12-19/h1-3,6-10,13-16,19,24,26H,4-5,11-12,17H2,(H,27,30)(H,28,29)/t24-/m1/s1. The fraction of sp³-hybridized carbons (Fsp3) is 0.280. The largest absolute Gasteiger partial charge is 0.467 e. The second-order valence-corrected chi connectivity index (χ2v) is 7.79. The number of benzene rings is 2. The average molecular weight is 418 g/mol. The van der Waals surface area contributed by atoms with Crippen molar-refractivity contribution < 1.29 is 14.0 Å². The highest BCUT2D eigenvalue weighted by molar-refractivity contribution is 6.04. The molecule has 3 N–H and O–H groups in total. The number of rotatable bonds is 8. The zero-order valence-corrected chi connectivity index (χ0v) is 17.3. The van der Waals surface area contributed by atoms with Gasteiger partial charge in [0.2, 0.25) is 5.91 Å². The highest BCUT2D eigenvalue weighted by atomic mass is 16.3. The molecule has 2 amide bonds. The maximum Gasteiger partial charge on any atom is 0.253 e. The van der Waals surface area contributed by atoms with E-state index in [9.17, 15) is 9.59 Å². The number of amides is 2. The molecule has 0 unspecified atom stereocenters. The molecule has 1 heterocycles. The van der Waals surface area contributed by atoms with Crippen molar-refractivity contribution in [2.75, 3.05) is 11.9 Å². The van der Waals surface area contributed by atoms with E-state index in [-0.39, 0.29) is 30.4 Å². The molecule has 1 saturated carbocycles. The van der Waals surface area contributed by atoms with Crippen molar-refractivity contribution in [2.45, 2.75) is 37.8 Å². The van der Waals surface area contributed by atoms with Gasteiger partial charge in [0.15, 0.2) is 0 Å². The lowest BCUT2D eigenvalue weighted by molar-refractivity contribution is -0.115. The van der Waals surface area contributed by atoms with E-state index in [1.807, 2.05) is 48.5 Å². The number of anilines is 1. The summed E-state index contributed by atoms with van der Waals surface area (Å²) in [5.74, 6) is 0.359. The van der Waals surface area contributed by atoms with Gasteiger partial charge in [-0.2, -0.15) is 0 Å². The Labute approximate surface area is 182 Å². The number of hydrogen-bond donors (Lipinski definition) is 3. The maximum atomic E-state index is 12.7. The first-order chi connectivity index (χ1) is 15.2. The van der Waals surface area contributed by atoms with Gasteiger partial charge in [-0.1, -0.05) is 55.3 Å². The van der Waals surface area contributed by atoms with Crippen LogP contribution in [0.15, 0.2) is 77.4 Å². The van der Waals surface area contributed by atoms with Crippen LogP contribution >= 0.6 is 0 Å². The molecule has 1 aliphatic carbocycles. The van der Waals surface area contributed by atoms with Crippen LogP contribution in [0.2, 0.25) is 0 Å². The van der Waals surface area contributed by atoms with Crippen molar-refractivity contribution in [1.29, 1.82) is 0 Å². The van der Waals surface area contributed by atoms with Crippen LogP contribution < -0.4 is 16.0 Å². The molecule has 0 aliphatic heterocycles. The molecule has 6 nitrogen and oxygen atoms in total.